The molecule has 3 rings (SSSR count). The van der Waals surface area contributed by atoms with Gasteiger partial charge in [0.05, 0.1) is 10.6 Å². The number of halogens is 1. The number of carbonyl (C=O) groups is 1. The van der Waals surface area contributed by atoms with Crippen LogP contribution >= 0.6 is 15.9 Å². The summed E-state index contributed by atoms with van der Waals surface area (Å²) >= 11 is 3.44. The highest BCUT2D eigenvalue weighted by Gasteiger charge is 2.32. The van der Waals surface area contributed by atoms with E-state index in [9.17, 15) is 13.2 Å². The summed E-state index contributed by atoms with van der Waals surface area (Å²) in [6.07, 6.45) is 0. The quantitative estimate of drug-likeness (QED) is 0.448. The van der Waals surface area contributed by atoms with Gasteiger partial charge in [-0.1, -0.05) is 46.3 Å². The third-order valence-corrected chi connectivity index (χ3v) is 7.27. The third kappa shape index (κ3) is 4.83. The van der Waals surface area contributed by atoms with Crippen molar-refractivity contribution in [3.63, 3.8) is 0 Å². The van der Waals surface area contributed by atoms with Gasteiger partial charge in [0.1, 0.15) is 5.75 Å². The largest absolute Gasteiger partial charge is 0.483 e. The molecule has 5 nitrogen and oxygen atoms in total. The molecule has 31 heavy (non-hydrogen) atoms. The molecule has 0 aliphatic heterocycles. The van der Waals surface area contributed by atoms with Crippen LogP contribution in [0, 0.1) is 27.7 Å². The lowest BCUT2D eigenvalue weighted by molar-refractivity contribution is -0.119. The molecule has 0 atom stereocenters. The summed E-state index contributed by atoms with van der Waals surface area (Å²) in [5, 5.41) is 0. The van der Waals surface area contributed by atoms with E-state index in [0.29, 0.717) is 17.0 Å². The van der Waals surface area contributed by atoms with Gasteiger partial charge in [-0.3, -0.25) is 4.79 Å². The lowest BCUT2D eigenvalue weighted by atomic mass is 10.1. The van der Waals surface area contributed by atoms with Crippen molar-refractivity contribution < 1.29 is 17.9 Å². The van der Waals surface area contributed by atoms with Gasteiger partial charge in [-0.15, -0.1) is 0 Å². The number of nitrogens with zero attached hydrogens (tertiary/aromatic N) is 1. The van der Waals surface area contributed by atoms with Crippen LogP contribution in [0.15, 0.2) is 70.0 Å². The zero-order valence-corrected chi connectivity index (χ0v) is 20.2. The average molecular weight is 502 g/mol. The highest BCUT2D eigenvalue weighted by molar-refractivity contribution is 9.10. The first-order valence-electron chi connectivity index (χ1n) is 9.72. The van der Waals surface area contributed by atoms with Gasteiger partial charge in [-0.05, 0) is 80.3 Å². The molecule has 0 radical (unpaired) electrons. The molecule has 7 heteroatoms. The van der Waals surface area contributed by atoms with Gasteiger partial charge in [0.2, 0.25) is 0 Å². The highest BCUT2D eigenvalue weighted by atomic mass is 79.9. The Bertz CT molecular complexity index is 1200. The van der Waals surface area contributed by atoms with Crippen LogP contribution in [0.1, 0.15) is 22.3 Å². The van der Waals surface area contributed by atoms with Crippen molar-refractivity contribution in [2.24, 2.45) is 0 Å². The fourth-order valence-electron chi connectivity index (χ4n) is 3.37. The number of anilines is 1. The van der Waals surface area contributed by atoms with Crippen LogP contribution in [0.5, 0.6) is 5.75 Å². The normalized spacial score (nSPS) is 11.3. The van der Waals surface area contributed by atoms with Crippen LogP contribution in [-0.2, 0) is 14.8 Å². The Morgan fingerprint density at radius 2 is 1.52 bits per heavy atom. The maximum Gasteiger partial charge on any atom is 0.278 e. The molecule has 0 fully saturated rings. The number of benzene rings is 3. The third-order valence-electron chi connectivity index (χ3n) is 5.07. The molecule has 162 valence electrons. The van der Waals surface area contributed by atoms with Crippen molar-refractivity contribution in [1.29, 1.82) is 0 Å². The Morgan fingerprint density at radius 1 is 0.903 bits per heavy atom. The Balaban J connectivity index is 2.03. The molecule has 0 aromatic heterocycles. The standard InChI is InChI=1S/C24H24BrNO4S/c1-16-9-8-12-22(19(16)4)26(31(28,29)21-10-6-5-7-11-21)23(27)15-30-24-17(2)13-20(25)14-18(24)3/h5-14H,15H2,1-4H3. The van der Waals surface area contributed by atoms with Crippen molar-refractivity contribution in [2.75, 3.05) is 10.9 Å². The fraction of sp³-hybridized carbons (Fsp3) is 0.208. The molecule has 0 unspecified atom stereocenters. The molecular weight excluding hydrogens is 478 g/mol. The van der Waals surface area contributed by atoms with E-state index < -0.39 is 22.5 Å². The Labute approximate surface area is 191 Å². The second-order valence-corrected chi connectivity index (χ2v) is 10.1. The smallest absolute Gasteiger partial charge is 0.278 e. The van der Waals surface area contributed by atoms with E-state index in [-0.39, 0.29) is 4.90 Å². The minimum Gasteiger partial charge on any atom is -0.483 e. The number of hydrogen-bond acceptors (Lipinski definition) is 4. The van der Waals surface area contributed by atoms with Crippen LogP contribution in [0.4, 0.5) is 5.69 Å². The molecular formula is C24H24BrNO4S. The minimum absolute atomic E-state index is 0.0419. The molecule has 0 saturated heterocycles. The molecule has 0 aliphatic rings. The number of carbonyl (C=O) groups excluding carboxylic acids is 1. The van der Waals surface area contributed by atoms with E-state index in [2.05, 4.69) is 15.9 Å². The number of sulfonamides is 1. The predicted octanol–water partition coefficient (Wildman–Crippen LogP) is 5.48. The number of hydrogen-bond donors (Lipinski definition) is 0. The van der Waals surface area contributed by atoms with Crippen molar-refractivity contribution in [3.8, 4) is 5.75 Å². The van der Waals surface area contributed by atoms with Crippen molar-refractivity contribution >= 4 is 37.5 Å². The Kier molecular flexibility index (Phi) is 6.86. The van der Waals surface area contributed by atoms with Crippen molar-refractivity contribution in [2.45, 2.75) is 32.6 Å². The summed E-state index contributed by atoms with van der Waals surface area (Å²) in [4.78, 5) is 13.3. The van der Waals surface area contributed by atoms with Gasteiger partial charge in [0, 0.05) is 4.47 Å². The van der Waals surface area contributed by atoms with Gasteiger partial charge >= 0.3 is 0 Å². The van der Waals surface area contributed by atoms with E-state index in [1.54, 1.807) is 37.3 Å². The van der Waals surface area contributed by atoms with E-state index in [1.807, 2.05) is 39.0 Å². The SMILES string of the molecule is Cc1cccc(N(C(=O)COc2c(C)cc(Br)cc2C)S(=O)(=O)c2ccccc2)c1C. The molecule has 0 aliphatic carbocycles. The summed E-state index contributed by atoms with van der Waals surface area (Å²) in [6.45, 7) is 7.02. The van der Waals surface area contributed by atoms with E-state index >= 15 is 0 Å². The monoisotopic (exact) mass is 501 g/mol. The first kappa shape index (κ1) is 23.0. The van der Waals surface area contributed by atoms with Crippen LogP contribution in [-0.4, -0.2) is 20.9 Å². The molecule has 0 heterocycles. The van der Waals surface area contributed by atoms with Crippen LogP contribution in [0.2, 0.25) is 0 Å². The number of rotatable bonds is 6. The lowest BCUT2D eigenvalue weighted by Crippen LogP contribution is -2.40. The predicted molar refractivity (Wildman–Crippen MR) is 126 cm³/mol. The highest BCUT2D eigenvalue weighted by Crippen LogP contribution is 2.30. The van der Waals surface area contributed by atoms with Gasteiger partial charge in [0.25, 0.3) is 15.9 Å². The zero-order valence-electron chi connectivity index (χ0n) is 17.8. The summed E-state index contributed by atoms with van der Waals surface area (Å²) in [7, 11) is -4.13. The molecule has 3 aromatic carbocycles. The van der Waals surface area contributed by atoms with Crippen LogP contribution < -0.4 is 9.04 Å². The Hall–Kier alpha value is -2.64. The first-order valence-corrected chi connectivity index (χ1v) is 11.9. The molecule has 0 bridgehead atoms. The topological polar surface area (TPSA) is 63.7 Å². The lowest BCUT2D eigenvalue weighted by Gasteiger charge is -2.25. The van der Waals surface area contributed by atoms with Crippen molar-refractivity contribution in [3.05, 3.63) is 87.4 Å². The zero-order chi connectivity index (χ0) is 22.8. The maximum atomic E-state index is 13.5. The van der Waals surface area contributed by atoms with Crippen molar-refractivity contribution in [1.82, 2.24) is 0 Å². The molecule has 0 saturated carbocycles. The molecule has 1 amide bonds. The molecule has 3 aromatic rings. The molecule has 0 spiro atoms. The number of aryl methyl sites for hydroxylation is 3. The summed E-state index contributed by atoms with van der Waals surface area (Å²) < 4.78 is 34.5. The molecule has 0 N–H and O–H groups in total. The minimum atomic E-state index is -4.13. The summed E-state index contributed by atoms with van der Waals surface area (Å²) in [6, 6.07) is 17.0. The summed E-state index contributed by atoms with van der Waals surface area (Å²) in [5.74, 6) is -0.103. The Morgan fingerprint density at radius 3 is 2.13 bits per heavy atom. The van der Waals surface area contributed by atoms with Crippen LogP contribution in [0.25, 0.3) is 0 Å². The van der Waals surface area contributed by atoms with Gasteiger partial charge in [-0.2, -0.15) is 4.31 Å². The first-order chi connectivity index (χ1) is 14.6. The van der Waals surface area contributed by atoms with Gasteiger partial charge < -0.3 is 4.74 Å². The average Bonchev–Trinajstić information content (AvgIpc) is 2.71. The second kappa shape index (κ2) is 9.24. The van der Waals surface area contributed by atoms with E-state index in [4.69, 9.17) is 4.74 Å². The maximum absolute atomic E-state index is 13.5. The second-order valence-electron chi connectivity index (χ2n) is 7.35. The van der Waals surface area contributed by atoms with E-state index in [1.165, 1.54) is 12.1 Å². The van der Waals surface area contributed by atoms with Gasteiger partial charge in [0.15, 0.2) is 6.61 Å². The fourth-order valence-corrected chi connectivity index (χ4v) is 5.55. The van der Waals surface area contributed by atoms with Gasteiger partial charge in [-0.25, -0.2) is 8.42 Å². The van der Waals surface area contributed by atoms with Crippen LogP contribution in [0.3, 0.4) is 0 Å². The summed E-state index contributed by atoms with van der Waals surface area (Å²) in [5.41, 5.74) is 3.62. The number of ether oxygens (including phenoxy) is 1. The van der Waals surface area contributed by atoms with E-state index in [0.717, 1.165) is 25.5 Å². The number of amides is 1.